The molecule has 1 aromatic rings. The molecule has 0 saturated heterocycles. The van der Waals surface area contributed by atoms with Crippen molar-refractivity contribution in [1.82, 2.24) is 0 Å². The Morgan fingerprint density at radius 3 is 2.92 bits per heavy atom. The first kappa shape index (κ1) is 8.11. The van der Waals surface area contributed by atoms with Crippen molar-refractivity contribution in [2.45, 2.75) is 26.2 Å². The van der Waals surface area contributed by atoms with Gasteiger partial charge in [0.2, 0.25) is 0 Å². The first-order chi connectivity index (χ1) is 5.70. The summed E-state index contributed by atoms with van der Waals surface area (Å²) >= 11 is 3.47. The fraction of sp³-hybridized carbons (Fsp3) is 0.400. The Labute approximate surface area is 81.1 Å². The third-order valence-electron chi connectivity index (χ3n) is 2.68. The van der Waals surface area contributed by atoms with Crippen molar-refractivity contribution in [2.24, 2.45) is 0 Å². The van der Waals surface area contributed by atoms with Crippen molar-refractivity contribution in [3.05, 3.63) is 27.2 Å². The van der Waals surface area contributed by atoms with Crippen LogP contribution >= 0.6 is 15.9 Å². The number of halogens is 1. The lowest BCUT2D eigenvalue weighted by atomic mass is 10.0. The molecule has 0 saturated carbocycles. The van der Waals surface area contributed by atoms with Gasteiger partial charge in [-0.3, -0.25) is 0 Å². The highest BCUT2D eigenvalue weighted by Crippen LogP contribution is 2.33. The number of nitrogen functional groups attached to an aromatic ring is 1. The van der Waals surface area contributed by atoms with Crippen LogP contribution in [0.5, 0.6) is 0 Å². The van der Waals surface area contributed by atoms with Crippen LogP contribution in [-0.4, -0.2) is 0 Å². The summed E-state index contributed by atoms with van der Waals surface area (Å²) in [5.41, 5.74) is 11.1. The van der Waals surface area contributed by atoms with E-state index in [0.717, 1.165) is 10.2 Å². The molecule has 2 rings (SSSR count). The van der Waals surface area contributed by atoms with Gasteiger partial charge in [-0.25, -0.2) is 0 Å². The van der Waals surface area contributed by atoms with Gasteiger partial charge in [0, 0.05) is 10.2 Å². The highest BCUT2D eigenvalue weighted by molar-refractivity contribution is 9.10. The molecule has 64 valence electrons. The molecule has 2 heteroatoms. The summed E-state index contributed by atoms with van der Waals surface area (Å²) in [6.45, 7) is 2.12. The number of aryl methyl sites for hydroxylation is 1. The van der Waals surface area contributed by atoms with E-state index in [-0.39, 0.29) is 0 Å². The molecule has 0 fully saturated rings. The van der Waals surface area contributed by atoms with E-state index in [9.17, 15) is 0 Å². The average molecular weight is 226 g/mol. The molecule has 0 heterocycles. The highest BCUT2D eigenvalue weighted by atomic mass is 79.9. The van der Waals surface area contributed by atoms with E-state index < -0.39 is 0 Å². The standard InChI is InChI=1S/C10H12BrN/c1-6-8-4-2-3-7(8)5-9(11)10(6)12/h5H,2-4,12H2,1H3. The maximum Gasteiger partial charge on any atom is 0.0491 e. The Hall–Kier alpha value is -0.500. The Morgan fingerprint density at radius 2 is 2.17 bits per heavy atom. The van der Waals surface area contributed by atoms with E-state index in [4.69, 9.17) is 5.73 Å². The normalized spacial score (nSPS) is 14.8. The number of nitrogens with two attached hydrogens (primary N) is 1. The SMILES string of the molecule is Cc1c(N)c(Br)cc2c1CCC2. The van der Waals surface area contributed by atoms with E-state index in [1.54, 1.807) is 0 Å². The summed E-state index contributed by atoms with van der Waals surface area (Å²) in [5.74, 6) is 0. The second kappa shape index (κ2) is 2.77. The van der Waals surface area contributed by atoms with Crippen LogP contribution in [0.3, 0.4) is 0 Å². The van der Waals surface area contributed by atoms with E-state index in [0.29, 0.717) is 0 Å². The van der Waals surface area contributed by atoms with Gasteiger partial charge in [0.15, 0.2) is 0 Å². The second-order valence-electron chi connectivity index (χ2n) is 3.39. The Morgan fingerprint density at radius 1 is 1.42 bits per heavy atom. The second-order valence-corrected chi connectivity index (χ2v) is 4.24. The predicted octanol–water partition coefficient (Wildman–Crippen LogP) is 2.83. The minimum Gasteiger partial charge on any atom is -0.398 e. The summed E-state index contributed by atoms with van der Waals surface area (Å²) in [4.78, 5) is 0. The summed E-state index contributed by atoms with van der Waals surface area (Å²) in [6, 6.07) is 2.17. The van der Waals surface area contributed by atoms with Crippen LogP contribution in [0.15, 0.2) is 10.5 Å². The van der Waals surface area contributed by atoms with Gasteiger partial charge in [-0.15, -0.1) is 0 Å². The molecule has 1 aromatic carbocycles. The largest absolute Gasteiger partial charge is 0.398 e. The monoisotopic (exact) mass is 225 g/mol. The molecule has 0 amide bonds. The van der Waals surface area contributed by atoms with Gasteiger partial charge < -0.3 is 5.73 Å². The Bertz CT molecular complexity index is 331. The van der Waals surface area contributed by atoms with Crippen molar-refractivity contribution in [1.29, 1.82) is 0 Å². The number of anilines is 1. The smallest absolute Gasteiger partial charge is 0.0491 e. The molecule has 0 unspecified atom stereocenters. The molecule has 0 bridgehead atoms. The van der Waals surface area contributed by atoms with Crippen LogP contribution in [0, 0.1) is 6.92 Å². The van der Waals surface area contributed by atoms with Gasteiger partial charge in [-0.05, 0) is 64.9 Å². The van der Waals surface area contributed by atoms with Gasteiger partial charge in [0.05, 0.1) is 0 Å². The first-order valence-electron chi connectivity index (χ1n) is 4.26. The molecule has 1 aliphatic rings. The third-order valence-corrected chi connectivity index (χ3v) is 3.33. The van der Waals surface area contributed by atoms with E-state index in [1.165, 1.54) is 36.0 Å². The minimum atomic E-state index is 0.913. The molecular formula is C10H12BrN. The van der Waals surface area contributed by atoms with E-state index >= 15 is 0 Å². The van der Waals surface area contributed by atoms with Crippen molar-refractivity contribution in [2.75, 3.05) is 5.73 Å². The maximum atomic E-state index is 5.91. The molecule has 2 N–H and O–H groups in total. The minimum absolute atomic E-state index is 0.913. The molecule has 0 radical (unpaired) electrons. The number of hydrogen-bond acceptors (Lipinski definition) is 1. The van der Waals surface area contributed by atoms with Crippen LogP contribution in [0.4, 0.5) is 5.69 Å². The van der Waals surface area contributed by atoms with Crippen LogP contribution in [0.1, 0.15) is 23.1 Å². The average Bonchev–Trinajstić information content (AvgIpc) is 2.48. The summed E-state index contributed by atoms with van der Waals surface area (Å²) in [6.07, 6.45) is 3.71. The van der Waals surface area contributed by atoms with Gasteiger partial charge in [-0.2, -0.15) is 0 Å². The Balaban J connectivity index is 2.67. The van der Waals surface area contributed by atoms with Crippen LogP contribution in [-0.2, 0) is 12.8 Å². The predicted molar refractivity (Wildman–Crippen MR) is 55.3 cm³/mol. The molecule has 0 aromatic heterocycles. The van der Waals surface area contributed by atoms with Gasteiger partial charge in [0.25, 0.3) is 0 Å². The molecule has 1 nitrogen and oxygen atoms in total. The van der Waals surface area contributed by atoms with Crippen LogP contribution in [0.25, 0.3) is 0 Å². The van der Waals surface area contributed by atoms with Crippen LogP contribution < -0.4 is 5.73 Å². The third kappa shape index (κ3) is 1.06. The lowest BCUT2D eigenvalue weighted by Gasteiger charge is -2.09. The number of hydrogen-bond donors (Lipinski definition) is 1. The summed E-state index contributed by atoms with van der Waals surface area (Å²) in [7, 11) is 0. The number of rotatable bonds is 0. The van der Waals surface area contributed by atoms with E-state index in [1.807, 2.05) is 0 Å². The topological polar surface area (TPSA) is 26.0 Å². The number of fused-ring (bicyclic) bond motifs is 1. The molecule has 0 atom stereocenters. The zero-order valence-corrected chi connectivity index (χ0v) is 8.74. The maximum absolute atomic E-state index is 5.91. The fourth-order valence-corrected chi connectivity index (χ4v) is 2.50. The molecule has 0 aliphatic heterocycles. The number of benzene rings is 1. The molecule has 1 aliphatic carbocycles. The van der Waals surface area contributed by atoms with Crippen LogP contribution in [0.2, 0.25) is 0 Å². The lowest BCUT2D eigenvalue weighted by molar-refractivity contribution is 0.909. The quantitative estimate of drug-likeness (QED) is 0.676. The zero-order chi connectivity index (χ0) is 8.72. The summed E-state index contributed by atoms with van der Waals surface area (Å²) in [5, 5.41) is 0. The molecule has 12 heavy (non-hydrogen) atoms. The Kier molecular flexibility index (Phi) is 1.87. The molecule has 0 spiro atoms. The highest BCUT2D eigenvalue weighted by Gasteiger charge is 2.16. The fourth-order valence-electron chi connectivity index (χ4n) is 1.93. The van der Waals surface area contributed by atoms with Gasteiger partial charge in [-0.1, -0.05) is 0 Å². The van der Waals surface area contributed by atoms with Crippen molar-refractivity contribution in [3.8, 4) is 0 Å². The van der Waals surface area contributed by atoms with Crippen molar-refractivity contribution in [3.63, 3.8) is 0 Å². The summed E-state index contributed by atoms with van der Waals surface area (Å²) < 4.78 is 1.06. The van der Waals surface area contributed by atoms with Crippen molar-refractivity contribution < 1.29 is 0 Å². The van der Waals surface area contributed by atoms with Crippen molar-refractivity contribution >= 4 is 21.6 Å². The van der Waals surface area contributed by atoms with Gasteiger partial charge >= 0.3 is 0 Å². The lowest BCUT2D eigenvalue weighted by Crippen LogP contribution is -1.96. The first-order valence-corrected chi connectivity index (χ1v) is 5.06. The molecular weight excluding hydrogens is 214 g/mol. The zero-order valence-electron chi connectivity index (χ0n) is 7.15. The van der Waals surface area contributed by atoms with E-state index in [2.05, 4.69) is 28.9 Å². The van der Waals surface area contributed by atoms with Gasteiger partial charge in [0.1, 0.15) is 0 Å².